The molecule has 3 rings (SSSR count). The van der Waals surface area contributed by atoms with Crippen molar-refractivity contribution in [3.63, 3.8) is 0 Å². The molecule has 2 N–H and O–H groups in total. The summed E-state index contributed by atoms with van der Waals surface area (Å²) in [6.07, 6.45) is 5.45. The minimum atomic E-state index is 0.0172. The van der Waals surface area contributed by atoms with Crippen molar-refractivity contribution in [3.05, 3.63) is 47.2 Å². The molecule has 0 aliphatic carbocycles. The fraction of sp³-hybridized carbons (Fsp3) is 0.412. The lowest BCUT2D eigenvalue weighted by molar-refractivity contribution is 0.0661. The molecule has 0 bridgehead atoms. The molecule has 1 fully saturated rings. The molecule has 1 aromatic heterocycles. The van der Waals surface area contributed by atoms with Crippen LogP contribution in [-0.4, -0.2) is 39.7 Å². The van der Waals surface area contributed by atoms with E-state index in [1.807, 2.05) is 36.1 Å². The Morgan fingerprint density at radius 1 is 1.48 bits per heavy atom. The van der Waals surface area contributed by atoms with Crippen molar-refractivity contribution in [1.82, 2.24) is 14.7 Å². The highest BCUT2D eigenvalue weighted by Crippen LogP contribution is 2.21. The van der Waals surface area contributed by atoms with Gasteiger partial charge >= 0.3 is 0 Å². The zero-order valence-electron chi connectivity index (χ0n) is 13.2. The minimum absolute atomic E-state index is 0.0172. The zero-order chi connectivity index (χ0) is 16.4. The van der Waals surface area contributed by atoms with E-state index in [2.05, 4.69) is 5.10 Å². The third-order valence-corrected chi connectivity index (χ3v) is 4.63. The number of nitrogens with zero attached hydrogens (tertiary/aromatic N) is 3. The van der Waals surface area contributed by atoms with Crippen molar-refractivity contribution in [2.45, 2.75) is 25.8 Å². The first-order valence-electron chi connectivity index (χ1n) is 7.90. The van der Waals surface area contributed by atoms with E-state index in [9.17, 15) is 4.79 Å². The van der Waals surface area contributed by atoms with Crippen LogP contribution in [0.15, 0.2) is 36.7 Å². The van der Waals surface area contributed by atoms with Gasteiger partial charge in [0.05, 0.1) is 17.4 Å². The van der Waals surface area contributed by atoms with E-state index in [1.165, 1.54) is 0 Å². The number of amides is 1. The monoisotopic (exact) mass is 332 g/mol. The number of likely N-dealkylation sites (tertiary alicyclic amines) is 1. The topological polar surface area (TPSA) is 64.2 Å². The highest BCUT2D eigenvalue weighted by molar-refractivity contribution is 6.30. The van der Waals surface area contributed by atoms with Crippen molar-refractivity contribution in [2.24, 2.45) is 11.7 Å². The molecule has 0 saturated carbocycles. The van der Waals surface area contributed by atoms with Crippen LogP contribution in [0.5, 0.6) is 0 Å². The second kappa shape index (κ2) is 6.72. The van der Waals surface area contributed by atoms with Gasteiger partial charge in [-0.3, -0.25) is 4.79 Å². The van der Waals surface area contributed by atoms with Crippen molar-refractivity contribution in [3.8, 4) is 5.69 Å². The third kappa shape index (κ3) is 3.57. The number of piperidine rings is 1. The molecular formula is C17H21ClN4O. The smallest absolute Gasteiger partial charge is 0.257 e. The fourth-order valence-electron chi connectivity index (χ4n) is 3.00. The van der Waals surface area contributed by atoms with Gasteiger partial charge in [-0.05, 0) is 43.9 Å². The van der Waals surface area contributed by atoms with Gasteiger partial charge in [0.2, 0.25) is 0 Å². The molecule has 1 aromatic carbocycles. The average molecular weight is 333 g/mol. The first-order chi connectivity index (χ1) is 11.0. The van der Waals surface area contributed by atoms with Crippen LogP contribution < -0.4 is 5.73 Å². The summed E-state index contributed by atoms with van der Waals surface area (Å²) in [5.41, 5.74) is 7.43. The van der Waals surface area contributed by atoms with E-state index in [0.29, 0.717) is 16.5 Å². The summed E-state index contributed by atoms with van der Waals surface area (Å²) in [6, 6.07) is 7.50. The molecule has 6 heteroatoms. The highest BCUT2D eigenvalue weighted by atomic mass is 35.5. The van der Waals surface area contributed by atoms with Crippen molar-refractivity contribution in [1.29, 1.82) is 0 Å². The van der Waals surface area contributed by atoms with E-state index < -0.39 is 0 Å². The van der Waals surface area contributed by atoms with E-state index >= 15 is 0 Å². The molecule has 23 heavy (non-hydrogen) atoms. The van der Waals surface area contributed by atoms with E-state index in [1.54, 1.807) is 17.1 Å². The Hall–Kier alpha value is -1.85. The van der Waals surface area contributed by atoms with Crippen LogP contribution in [0.3, 0.4) is 0 Å². The molecule has 2 heterocycles. The fourth-order valence-corrected chi connectivity index (χ4v) is 3.18. The maximum Gasteiger partial charge on any atom is 0.257 e. The maximum absolute atomic E-state index is 12.7. The summed E-state index contributed by atoms with van der Waals surface area (Å²) < 4.78 is 1.67. The highest BCUT2D eigenvalue weighted by Gasteiger charge is 2.27. The minimum Gasteiger partial charge on any atom is -0.338 e. The van der Waals surface area contributed by atoms with Crippen LogP contribution in [0, 0.1) is 5.92 Å². The first-order valence-corrected chi connectivity index (χ1v) is 8.28. The summed E-state index contributed by atoms with van der Waals surface area (Å²) in [4.78, 5) is 14.6. The molecule has 1 aliphatic rings. The Morgan fingerprint density at radius 2 is 2.30 bits per heavy atom. The van der Waals surface area contributed by atoms with Crippen molar-refractivity contribution >= 4 is 17.5 Å². The summed E-state index contributed by atoms with van der Waals surface area (Å²) in [5, 5.41) is 4.92. The third-order valence-electron chi connectivity index (χ3n) is 4.39. The Kier molecular flexibility index (Phi) is 4.68. The van der Waals surface area contributed by atoms with Crippen molar-refractivity contribution < 1.29 is 4.79 Å². The van der Waals surface area contributed by atoms with Crippen LogP contribution in [0.2, 0.25) is 5.02 Å². The van der Waals surface area contributed by atoms with Gasteiger partial charge in [0.15, 0.2) is 0 Å². The predicted molar refractivity (Wildman–Crippen MR) is 90.9 cm³/mol. The van der Waals surface area contributed by atoms with Gasteiger partial charge in [0.25, 0.3) is 5.91 Å². The SMILES string of the molecule is CC(N)C1CCCN(C(=O)c2cnn(-c3cccc(Cl)c3)c2)C1. The number of hydrogen-bond acceptors (Lipinski definition) is 3. The number of halogens is 1. The predicted octanol–water partition coefficient (Wildman–Crippen LogP) is 2.73. The largest absolute Gasteiger partial charge is 0.338 e. The zero-order valence-corrected chi connectivity index (χ0v) is 13.9. The molecule has 0 radical (unpaired) electrons. The van der Waals surface area contributed by atoms with Gasteiger partial charge in [0.1, 0.15) is 0 Å². The van der Waals surface area contributed by atoms with E-state index in [-0.39, 0.29) is 11.9 Å². The molecule has 2 aromatic rings. The van der Waals surface area contributed by atoms with Crippen LogP contribution in [0.1, 0.15) is 30.1 Å². The van der Waals surface area contributed by atoms with Gasteiger partial charge in [-0.15, -0.1) is 0 Å². The molecule has 1 aliphatic heterocycles. The number of aromatic nitrogens is 2. The Bertz CT molecular complexity index is 697. The Labute approximate surface area is 141 Å². The van der Waals surface area contributed by atoms with Gasteiger partial charge in [0, 0.05) is 30.4 Å². The summed E-state index contributed by atoms with van der Waals surface area (Å²) in [5.74, 6) is 0.388. The Balaban J connectivity index is 1.76. The number of carbonyl (C=O) groups excluding carboxylic acids is 1. The molecule has 2 unspecified atom stereocenters. The van der Waals surface area contributed by atoms with Crippen molar-refractivity contribution in [2.75, 3.05) is 13.1 Å². The second-order valence-electron chi connectivity index (χ2n) is 6.17. The lowest BCUT2D eigenvalue weighted by atomic mass is 9.92. The standard InChI is InChI=1S/C17H21ClN4O/c1-12(19)13-4-3-7-21(10-13)17(23)14-9-20-22(11-14)16-6-2-5-15(18)8-16/h2,5-6,8-9,11-13H,3-4,7,10,19H2,1H3. The van der Waals surface area contributed by atoms with Gasteiger partial charge < -0.3 is 10.6 Å². The number of nitrogens with two attached hydrogens (primary N) is 1. The number of rotatable bonds is 3. The number of carbonyl (C=O) groups is 1. The molecule has 5 nitrogen and oxygen atoms in total. The van der Waals surface area contributed by atoms with Crippen LogP contribution in [0.4, 0.5) is 0 Å². The van der Waals surface area contributed by atoms with Crippen LogP contribution in [0.25, 0.3) is 5.69 Å². The number of hydrogen-bond donors (Lipinski definition) is 1. The molecule has 2 atom stereocenters. The summed E-state index contributed by atoms with van der Waals surface area (Å²) in [7, 11) is 0. The second-order valence-corrected chi connectivity index (χ2v) is 6.60. The van der Waals surface area contributed by atoms with Crippen LogP contribution >= 0.6 is 11.6 Å². The van der Waals surface area contributed by atoms with Gasteiger partial charge in [-0.2, -0.15) is 5.10 Å². The van der Waals surface area contributed by atoms with E-state index in [4.69, 9.17) is 17.3 Å². The number of benzene rings is 1. The lowest BCUT2D eigenvalue weighted by Gasteiger charge is -2.34. The molecule has 1 saturated heterocycles. The molecule has 1 amide bonds. The van der Waals surface area contributed by atoms with Gasteiger partial charge in [-0.25, -0.2) is 4.68 Å². The molecule has 122 valence electrons. The van der Waals surface area contributed by atoms with Crippen LogP contribution in [-0.2, 0) is 0 Å². The Morgan fingerprint density at radius 3 is 3.04 bits per heavy atom. The average Bonchev–Trinajstić information content (AvgIpc) is 3.04. The van der Waals surface area contributed by atoms with Gasteiger partial charge in [-0.1, -0.05) is 17.7 Å². The maximum atomic E-state index is 12.7. The van der Waals surface area contributed by atoms with E-state index in [0.717, 1.165) is 31.6 Å². The quantitative estimate of drug-likeness (QED) is 0.940. The normalized spacial score (nSPS) is 19.6. The molecule has 0 spiro atoms. The summed E-state index contributed by atoms with van der Waals surface area (Å²) >= 11 is 6.00. The first kappa shape index (κ1) is 16.0. The molecular weight excluding hydrogens is 312 g/mol. The lowest BCUT2D eigenvalue weighted by Crippen LogP contribution is -2.45. The summed E-state index contributed by atoms with van der Waals surface area (Å²) in [6.45, 7) is 3.51.